The van der Waals surface area contributed by atoms with E-state index in [9.17, 15) is 9.59 Å². The van der Waals surface area contributed by atoms with Crippen LogP contribution in [-0.4, -0.2) is 24.3 Å². The molecule has 1 amide bonds. The van der Waals surface area contributed by atoms with Gasteiger partial charge in [-0.05, 0) is 93.8 Å². The summed E-state index contributed by atoms with van der Waals surface area (Å²) in [5, 5.41) is 6.54. The molecule has 0 fully saturated rings. The van der Waals surface area contributed by atoms with Crippen molar-refractivity contribution < 1.29 is 14.3 Å². The minimum Gasteiger partial charge on any atom is -0.497 e. The molecule has 1 aliphatic carbocycles. The quantitative estimate of drug-likeness (QED) is 0.395. The van der Waals surface area contributed by atoms with Crippen molar-refractivity contribution >= 4 is 23.1 Å². The average Bonchev–Trinajstić information content (AvgIpc) is 2.78. The fourth-order valence-corrected chi connectivity index (χ4v) is 5.40. The minimum atomic E-state index is -0.165. The first-order valence-corrected chi connectivity index (χ1v) is 12.3. The van der Waals surface area contributed by atoms with E-state index in [-0.39, 0.29) is 22.6 Å². The molecule has 2 aliphatic rings. The SMILES string of the molecule is COc1ccc2c(c1)C(=CC(=O)c1ccc(NC(=O)C3=C(C)CCCC3(C)C)cc1)NC(C)(C)C2. The zero-order chi connectivity index (χ0) is 25.4. The van der Waals surface area contributed by atoms with Gasteiger partial charge in [0.05, 0.1) is 7.11 Å². The number of fused-ring (bicyclic) bond motifs is 1. The number of hydrogen-bond donors (Lipinski definition) is 2. The van der Waals surface area contributed by atoms with Crippen LogP contribution in [0.5, 0.6) is 5.75 Å². The summed E-state index contributed by atoms with van der Waals surface area (Å²) in [6, 6.07) is 13.1. The zero-order valence-electron chi connectivity index (χ0n) is 21.7. The number of ketones is 1. The first-order valence-electron chi connectivity index (χ1n) is 12.3. The van der Waals surface area contributed by atoms with Gasteiger partial charge in [0.2, 0.25) is 0 Å². The van der Waals surface area contributed by atoms with Gasteiger partial charge in [-0.25, -0.2) is 0 Å². The fourth-order valence-electron chi connectivity index (χ4n) is 5.40. The molecule has 2 aromatic rings. The summed E-state index contributed by atoms with van der Waals surface area (Å²) in [6.45, 7) is 10.6. The molecule has 0 saturated carbocycles. The Balaban J connectivity index is 1.55. The van der Waals surface area contributed by atoms with Gasteiger partial charge in [-0.2, -0.15) is 0 Å². The highest BCUT2D eigenvalue weighted by atomic mass is 16.5. The Hall–Kier alpha value is -3.34. The zero-order valence-corrected chi connectivity index (χ0v) is 21.7. The molecule has 1 heterocycles. The standard InChI is InChI=1S/C30H36N2O3/c1-19-8-7-15-29(2,3)27(19)28(34)31-22-12-9-20(10-13-22)26(33)17-25-24-16-23(35-6)14-11-21(24)18-30(4,5)32-25/h9-14,16-17,32H,7-8,15,18H2,1-6H3,(H,31,34). The second kappa shape index (κ2) is 9.37. The Labute approximate surface area is 208 Å². The van der Waals surface area contributed by atoms with E-state index >= 15 is 0 Å². The van der Waals surface area contributed by atoms with E-state index in [1.165, 1.54) is 5.56 Å². The Morgan fingerprint density at radius 1 is 1.06 bits per heavy atom. The summed E-state index contributed by atoms with van der Waals surface area (Å²) in [7, 11) is 1.64. The maximum absolute atomic E-state index is 13.2. The third kappa shape index (κ3) is 5.34. The Bertz CT molecular complexity index is 1220. The van der Waals surface area contributed by atoms with E-state index in [2.05, 4.69) is 51.3 Å². The maximum atomic E-state index is 13.2. The first-order chi connectivity index (χ1) is 16.5. The number of allylic oxidation sites excluding steroid dienone is 2. The molecule has 35 heavy (non-hydrogen) atoms. The number of carbonyl (C=O) groups is 2. The predicted molar refractivity (Wildman–Crippen MR) is 142 cm³/mol. The van der Waals surface area contributed by atoms with Crippen LogP contribution >= 0.6 is 0 Å². The molecule has 4 rings (SSSR count). The number of benzene rings is 2. The summed E-state index contributed by atoms with van der Waals surface area (Å²) in [5.74, 6) is 0.617. The number of hydrogen-bond acceptors (Lipinski definition) is 4. The molecule has 0 aromatic heterocycles. The van der Waals surface area contributed by atoms with Crippen molar-refractivity contribution in [2.45, 2.75) is 65.8 Å². The lowest BCUT2D eigenvalue weighted by Gasteiger charge is -2.35. The van der Waals surface area contributed by atoms with Crippen molar-refractivity contribution in [1.82, 2.24) is 5.32 Å². The van der Waals surface area contributed by atoms with Gasteiger partial charge in [0.15, 0.2) is 5.78 Å². The smallest absolute Gasteiger partial charge is 0.252 e. The third-order valence-corrected chi connectivity index (χ3v) is 7.10. The lowest BCUT2D eigenvalue weighted by molar-refractivity contribution is -0.114. The average molecular weight is 473 g/mol. The summed E-state index contributed by atoms with van der Waals surface area (Å²) >= 11 is 0. The van der Waals surface area contributed by atoms with E-state index in [0.717, 1.165) is 53.8 Å². The van der Waals surface area contributed by atoms with Crippen molar-refractivity contribution in [3.63, 3.8) is 0 Å². The van der Waals surface area contributed by atoms with Crippen molar-refractivity contribution in [1.29, 1.82) is 0 Å². The van der Waals surface area contributed by atoms with Gasteiger partial charge < -0.3 is 15.4 Å². The van der Waals surface area contributed by atoms with Crippen LogP contribution in [0.25, 0.3) is 5.70 Å². The molecule has 2 N–H and O–H groups in total. The molecule has 5 heteroatoms. The van der Waals surface area contributed by atoms with Gasteiger partial charge in [0.25, 0.3) is 5.91 Å². The van der Waals surface area contributed by atoms with E-state index < -0.39 is 0 Å². The lowest BCUT2D eigenvalue weighted by Crippen LogP contribution is -2.43. The summed E-state index contributed by atoms with van der Waals surface area (Å²) < 4.78 is 5.40. The van der Waals surface area contributed by atoms with Gasteiger partial charge in [0.1, 0.15) is 5.75 Å². The molecule has 0 saturated heterocycles. The number of nitrogens with one attached hydrogen (secondary N) is 2. The minimum absolute atomic E-state index is 0.0485. The van der Waals surface area contributed by atoms with Gasteiger partial charge in [-0.3, -0.25) is 9.59 Å². The van der Waals surface area contributed by atoms with E-state index in [4.69, 9.17) is 4.74 Å². The van der Waals surface area contributed by atoms with Crippen molar-refractivity contribution in [2.24, 2.45) is 5.41 Å². The molecule has 184 valence electrons. The molecular weight excluding hydrogens is 436 g/mol. The molecule has 0 unspecified atom stereocenters. The highest BCUT2D eigenvalue weighted by Gasteiger charge is 2.33. The number of amides is 1. The molecule has 0 spiro atoms. The molecule has 2 aromatic carbocycles. The van der Waals surface area contributed by atoms with Crippen LogP contribution in [0.3, 0.4) is 0 Å². The Morgan fingerprint density at radius 3 is 2.43 bits per heavy atom. The first kappa shape index (κ1) is 24.8. The number of methoxy groups -OCH3 is 1. The van der Waals surface area contributed by atoms with Crippen LogP contribution in [0.4, 0.5) is 5.69 Å². The number of rotatable bonds is 5. The van der Waals surface area contributed by atoms with E-state index in [1.807, 2.05) is 12.1 Å². The monoisotopic (exact) mass is 472 g/mol. The summed E-state index contributed by atoms with van der Waals surface area (Å²) in [4.78, 5) is 26.2. The highest BCUT2D eigenvalue weighted by molar-refractivity contribution is 6.09. The van der Waals surface area contributed by atoms with Gasteiger partial charge in [0, 0.05) is 39.7 Å². The lowest BCUT2D eigenvalue weighted by atomic mass is 9.72. The number of anilines is 1. The van der Waals surface area contributed by atoms with Crippen molar-refractivity contribution in [3.05, 3.63) is 76.4 Å². The molecule has 0 atom stereocenters. The number of ether oxygens (including phenoxy) is 1. The fraction of sp³-hybridized carbons (Fsp3) is 0.400. The topological polar surface area (TPSA) is 67.4 Å². The largest absolute Gasteiger partial charge is 0.497 e. The summed E-state index contributed by atoms with van der Waals surface area (Å²) in [5.41, 5.74) is 5.97. The highest BCUT2D eigenvalue weighted by Crippen LogP contribution is 2.40. The maximum Gasteiger partial charge on any atom is 0.252 e. The van der Waals surface area contributed by atoms with E-state index in [1.54, 1.807) is 37.5 Å². The van der Waals surface area contributed by atoms with Crippen LogP contribution in [0.15, 0.2) is 59.7 Å². The molecular formula is C30H36N2O3. The Kier molecular flexibility index (Phi) is 6.63. The van der Waals surface area contributed by atoms with Gasteiger partial charge >= 0.3 is 0 Å². The van der Waals surface area contributed by atoms with Crippen molar-refractivity contribution in [3.8, 4) is 5.75 Å². The second-order valence-electron chi connectivity index (χ2n) is 11.1. The second-order valence-corrected chi connectivity index (χ2v) is 11.1. The van der Waals surface area contributed by atoms with Crippen LogP contribution in [0.2, 0.25) is 0 Å². The van der Waals surface area contributed by atoms with E-state index in [0.29, 0.717) is 11.3 Å². The third-order valence-electron chi connectivity index (χ3n) is 7.10. The van der Waals surface area contributed by atoms with Crippen molar-refractivity contribution in [2.75, 3.05) is 12.4 Å². The molecule has 0 bridgehead atoms. The van der Waals surface area contributed by atoms with Crippen LogP contribution in [0.1, 0.15) is 75.4 Å². The molecule has 1 aliphatic heterocycles. The van der Waals surface area contributed by atoms with Gasteiger partial charge in [-0.15, -0.1) is 0 Å². The predicted octanol–water partition coefficient (Wildman–Crippen LogP) is 6.31. The number of carbonyl (C=O) groups excluding carboxylic acids is 2. The summed E-state index contributed by atoms with van der Waals surface area (Å²) in [6.07, 6.45) is 5.61. The molecule has 0 radical (unpaired) electrons. The van der Waals surface area contributed by atoms with Crippen LogP contribution in [-0.2, 0) is 11.2 Å². The molecule has 5 nitrogen and oxygen atoms in total. The van der Waals surface area contributed by atoms with Gasteiger partial charge in [-0.1, -0.05) is 25.5 Å². The van der Waals surface area contributed by atoms with Crippen LogP contribution in [0, 0.1) is 5.41 Å². The van der Waals surface area contributed by atoms with Crippen LogP contribution < -0.4 is 15.4 Å². The normalized spacial score (nSPS) is 19.5. The Morgan fingerprint density at radius 2 is 1.77 bits per heavy atom.